The number of halogens is 2. The number of aliphatic hydroxyl groups excluding tert-OH is 1. The van der Waals surface area contributed by atoms with E-state index >= 15 is 0 Å². The van der Waals surface area contributed by atoms with Crippen LogP contribution in [0.5, 0.6) is 5.75 Å². The van der Waals surface area contributed by atoms with E-state index in [1.54, 1.807) is 18.2 Å². The first-order valence-electron chi connectivity index (χ1n) is 11.5. The average Bonchev–Trinajstić information content (AvgIpc) is 2.93. The molecule has 190 valence electrons. The monoisotopic (exact) mass is 538 g/mol. The number of aromatic hydroxyl groups is 1. The van der Waals surface area contributed by atoms with Gasteiger partial charge in [0.25, 0.3) is 5.91 Å². The zero-order valence-electron chi connectivity index (χ0n) is 20.0. The molecule has 0 radical (unpaired) electrons. The molecule has 1 atom stereocenters. The number of ketones is 1. The van der Waals surface area contributed by atoms with E-state index in [1.165, 1.54) is 29.2 Å². The Bertz CT molecular complexity index is 1510. The van der Waals surface area contributed by atoms with E-state index in [9.17, 15) is 19.8 Å². The summed E-state index contributed by atoms with van der Waals surface area (Å²) in [7, 11) is 0. The Morgan fingerprint density at radius 2 is 1.84 bits per heavy atom. The van der Waals surface area contributed by atoms with Gasteiger partial charge in [0, 0.05) is 33.3 Å². The van der Waals surface area contributed by atoms with Crippen LogP contribution in [0.25, 0.3) is 5.76 Å². The lowest BCUT2D eigenvalue weighted by Gasteiger charge is -2.41. The predicted octanol–water partition coefficient (Wildman–Crippen LogP) is 5.31. The minimum absolute atomic E-state index is 0.00947. The number of primary amides is 1. The maximum atomic E-state index is 13.7. The van der Waals surface area contributed by atoms with Crippen LogP contribution in [-0.2, 0) is 9.59 Å². The molecule has 1 amide bonds. The van der Waals surface area contributed by atoms with Crippen LogP contribution in [-0.4, -0.2) is 33.8 Å². The van der Waals surface area contributed by atoms with Crippen molar-refractivity contribution in [2.75, 3.05) is 10.2 Å². The second kappa shape index (κ2) is 8.68. The Morgan fingerprint density at radius 3 is 2.54 bits per heavy atom. The van der Waals surface area contributed by atoms with Gasteiger partial charge in [-0.25, -0.2) is 0 Å². The number of anilines is 2. The maximum absolute atomic E-state index is 13.7. The molecule has 5 rings (SSSR count). The van der Waals surface area contributed by atoms with Crippen molar-refractivity contribution in [2.45, 2.75) is 32.7 Å². The lowest BCUT2D eigenvalue weighted by Crippen LogP contribution is -2.50. The number of hydrogen-bond donors (Lipinski definition) is 5. The molecule has 0 aromatic heterocycles. The topological polar surface area (TPSA) is 140 Å². The third kappa shape index (κ3) is 4.16. The molecule has 8 nitrogen and oxygen atoms in total. The molecule has 2 heterocycles. The summed E-state index contributed by atoms with van der Waals surface area (Å²) in [6, 6.07) is 8.17. The largest absolute Gasteiger partial charge is 0.507 e. The zero-order valence-corrected chi connectivity index (χ0v) is 21.5. The fourth-order valence-corrected chi connectivity index (χ4v) is 5.57. The highest BCUT2D eigenvalue weighted by molar-refractivity contribution is 6.32. The molecular weight excluding hydrogens is 515 g/mol. The van der Waals surface area contributed by atoms with Gasteiger partial charge in [-0.2, -0.15) is 0 Å². The van der Waals surface area contributed by atoms with Crippen LogP contribution in [0.15, 0.2) is 64.9 Å². The van der Waals surface area contributed by atoms with Gasteiger partial charge in [-0.3, -0.25) is 15.0 Å². The molecule has 2 aromatic carbocycles. The van der Waals surface area contributed by atoms with Crippen LogP contribution >= 0.6 is 23.2 Å². The van der Waals surface area contributed by atoms with Gasteiger partial charge in [0.05, 0.1) is 28.6 Å². The van der Waals surface area contributed by atoms with Gasteiger partial charge in [-0.15, -0.1) is 0 Å². The molecule has 0 saturated heterocycles. The average molecular weight is 539 g/mol. The van der Waals surface area contributed by atoms with Crippen LogP contribution in [0, 0.1) is 10.8 Å². The molecule has 10 heteroatoms. The molecule has 0 spiro atoms. The van der Waals surface area contributed by atoms with E-state index in [0.29, 0.717) is 34.1 Å². The Labute approximate surface area is 223 Å². The number of phenols is 1. The first kappa shape index (κ1) is 24.9. The molecule has 1 unspecified atom stereocenters. The molecule has 2 aromatic rings. The van der Waals surface area contributed by atoms with Gasteiger partial charge in [-0.1, -0.05) is 37.0 Å². The van der Waals surface area contributed by atoms with Crippen molar-refractivity contribution in [3.05, 3.63) is 80.5 Å². The van der Waals surface area contributed by atoms with E-state index in [0.717, 1.165) is 0 Å². The third-order valence-electron chi connectivity index (χ3n) is 6.80. The van der Waals surface area contributed by atoms with Crippen molar-refractivity contribution >= 4 is 57.9 Å². The van der Waals surface area contributed by atoms with Gasteiger partial charge in [-0.05, 0) is 54.3 Å². The second-order valence-corrected chi connectivity index (χ2v) is 11.0. The molecule has 3 aliphatic rings. The Kier molecular flexibility index (Phi) is 5.84. The number of phenolic OH excluding ortho intramolecular Hbond substituents is 1. The minimum atomic E-state index is -0.998. The molecule has 37 heavy (non-hydrogen) atoms. The highest BCUT2D eigenvalue weighted by Crippen LogP contribution is 2.48. The summed E-state index contributed by atoms with van der Waals surface area (Å²) in [5.41, 5.74) is 7.23. The predicted molar refractivity (Wildman–Crippen MR) is 144 cm³/mol. The fraction of sp³-hybridized carbons (Fsp3) is 0.222. The van der Waals surface area contributed by atoms with Gasteiger partial charge >= 0.3 is 0 Å². The van der Waals surface area contributed by atoms with Gasteiger partial charge in [0.15, 0.2) is 5.78 Å². The highest BCUT2D eigenvalue weighted by atomic mass is 35.5. The molecule has 6 N–H and O–H groups in total. The number of amides is 1. The quantitative estimate of drug-likeness (QED) is 0.328. The summed E-state index contributed by atoms with van der Waals surface area (Å²) in [4.78, 5) is 27.6. The minimum Gasteiger partial charge on any atom is -0.507 e. The van der Waals surface area contributed by atoms with E-state index in [4.69, 9.17) is 34.3 Å². The summed E-state index contributed by atoms with van der Waals surface area (Å²) in [6.07, 6.45) is 2.06. The first-order valence-corrected chi connectivity index (χ1v) is 12.3. The van der Waals surface area contributed by atoms with E-state index in [2.05, 4.69) is 5.32 Å². The lowest BCUT2D eigenvalue weighted by atomic mass is 9.72. The van der Waals surface area contributed by atoms with Crippen LogP contribution in [0.3, 0.4) is 0 Å². The Morgan fingerprint density at radius 1 is 1.16 bits per heavy atom. The number of hydrogen-bond acceptors (Lipinski definition) is 6. The number of rotatable bonds is 2. The standard InChI is InChI=1S/C27H24Cl2N4O4/c1-27(2)10-18-22(21(35)11-27)23-15(24(36)14-7-12(28)4-6-20(14)34)9-16(26(31)37)25(30)33(23)19-5-3-13(29)8-17(19)32-18/h3-9,23,30,32,34,36H,10-11H2,1-2H3,(H2,31,37)/b24-15-,30-25?. The number of benzene rings is 2. The number of fused-ring (bicyclic) bond motifs is 4. The summed E-state index contributed by atoms with van der Waals surface area (Å²) in [6.45, 7) is 3.98. The summed E-state index contributed by atoms with van der Waals surface area (Å²) >= 11 is 12.4. The van der Waals surface area contributed by atoms with E-state index in [1.807, 2.05) is 13.8 Å². The number of Topliss-reactive ketones (excluding diaryl/α,β-unsaturated/α-hetero) is 1. The number of carbonyl (C=O) groups is 2. The third-order valence-corrected chi connectivity index (χ3v) is 7.27. The maximum Gasteiger partial charge on any atom is 0.252 e. The molecule has 0 bridgehead atoms. The lowest BCUT2D eigenvalue weighted by molar-refractivity contribution is -0.118. The zero-order chi connectivity index (χ0) is 26.8. The molecule has 0 saturated carbocycles. The summed E-state index contributed by atoms with van der Waals surface area (Å²) < 4.78 is 0. The fourth-order valence-electron chi connectivity index (χ4n) is 5.23. The van der Waals surface area contributed by atoms with Crippen molar-refractivity contribution in [1.82, 2.24) is 0 Å². The van der Waals surface area contributed by atoms with Crippen LogP contribution < -0.4 is 16.0 Å². The molecular formula is C27H24Cl2N4O4. The SMILES string of the molecule is CC1(C)CC(=O)C2=C(C1)Nc1cc(Cl)ccc1N1C(=N)C(C(N)=O)=C/C(=C(/O)c3cc(Cl)ccc3O)C21. The number of nitrogens with two attached hydrogens (primary N) is 1. The van der Waals surface area contributed by atoms with Crippen LogP contribution in [0.1, 0.15) is 32.3 Å². The van der Waals surface area contributed by atoms with E-state index in [-0.39, 0.29) is 50.9 Å². The molecule has 2 aliphatic heterocycles. The number of nitrogens with zero attached hydrogens (tertiary/aromatic N) is 1. The number of carbonyl (C=O) groups excluding carboxylic acids is 2. The van der Waals surface area contributed by atoms with Crippen molar-refractivity contribution in [3.8, 4) is 5.75 Å². The number of aliphatic hydroxyl groups is 1. The van der Waals surface area contributed by atoms with Crippen molar-refractivity contribution in [3.63, 3.8) is 0 Å². The van der Waals surface area contributed by atoms with Gasteiger partial charge in [0.2, 0.25) is 0 Å². The van der Waals surface area contributed by atoms with Gasteiger partial charge in [0.1, 0.15) is 17.3 Å². The molecule has 1 aliphatic carbocycles. The number of nitrogens with one attached hydrogen (secondary N) is 2. The van der Waals surface area contributed by atoms with Crippen molar-refractivity contribution in [1.29, 1.82) is 5.41 Å². The smallest absolute Gasteiger partial charge is 0.252 e. The van der Waals surface area contributed by atoms with Crippen molar-refractivity contribution < 1.29 is 19.8 Å². The summed E-state index contributed by atoms with van der Waals surface area (Å²) in [5.74, 6) is -1.94. The second-order valence-electron chi connectivity index (χ2n) is 10.1. The van der Waals surface area contributed by atoms with E-state index < -0.39 is 17.7 Å². The van der Waals surface area contributed by atoms with Gasteiger partial charge < -0.3 is 26.2 Å². The van der Waals surface area contributed by atoms with Crippen molar-refractivity contribution in [2.24, 2.45) is 11.1 Å². The normalized spacial score (nSPS) is 21.8. The first-order chi connectivity index (χ1) is 17.4. The van der Waals surface area contributed by atoms with Crippen LogP contribution in [0.2, 0.25) is 10.0 Å². The Hall–Kier alpha value is -3.75. The molecule has 0 fully saturated rings. The highest BCUT2D eigenvalue weighted by Gasteiger charge is 2.46. The van der Waals surface area contributed by atoms with Crippen LogP contribution in [0.4, 0.5) is 11.4 Å². The Balaban J connectivity index is 1.89. The number of amidine groups is 1. The number of allylic oxidation sites excluding steroid dienone is 1. The summed E-state index contributed by atoms with van der Waals surface area (Å²) in [5, 5.41) is 35.0.